The fraction of sp³-hybridized carbons (Fsp3) is 0.333. The van der Waals surface area contributed by atoms with Crippen LogP contribution in [0.1, 0.15) is 24.5 Å². The zero-order valence-corrected chi connectivity index (χ0v) is 18.2. The monoisotopic (exact) mass is 432 g/mol. The van der Waals surface area contributed by atoms with Gasteiger partial charge in [-0.2, -0.15) is 0 Å². The Morgan fingerprint density at radius 3 is 2.69 bits per heavy atom. The van der Waals surface area contributed by atoms with Gasteiger partial charge in [0.2, 0.25) is 11.8 Å². The maximum absolute atomic E-state index is 12.7. The largest absolute Gasteiger partial charge is 0.326 e. The van der Waals surface area contributed by atoms with Crippen molar-refractivity contribution in [3.05, 3.63) is 47.5 Å². The van der Waals surface area contributed by atoms with Gasteiger partial charge in [-0.3, -0.25) is 9.59 Å². The Labute approximate surface area is 175 Å². The molecule has 1 heterocycles. The van der Waals surface area contributed by atoms with E-state index >= 15 is 0 Å². The normalized spacial score (nSPS) is 16.5. The van der Waals surface area contributed by atoms with Crippen LogP contribution in [0.4, 0.5) is 11.4 Å². The van der Waals surface area contributed by atoms with Crippen molar-refractivity contribution in [3.8, 4) is 0 Å². The van der Waals surface area contributed by atoms with Crippen LogP contribution in [-0.2, 0) is 19.4 Å². The van der Waals surface area contributed by atoms with E-state index in [1.54, 1.807) is 6.07 Å². The Balaban J connectivity index is 1.69. The number of sulfone groups is 1. The molecule has 0 aromatic heterocycles. The number of fused-ring (bicyclic) bond motifs is 1. The molecule has 2 N–H and O–H groups in total. The Kier molecular flexibility index (Phi) is 6.33. The minimum Gasteiger partial charge on any atom is -0.326 e. The van der Waals surface area contributed by atoms with Crippen LogP contribution in [0.5, 0.6) is 0 Å². The predicted molar refractivity (Wildman–Crippen MR) is 116 cm³/mol. The van der Waals surface area contributed by atoms with Gasteiger partial charge >= 0.3 is 0 Å². The molecule has 6 nitrogen and oxygen atoms in total. The van der Waals surface area contributed by atoms with Gasteiger partial charge in [0.25, 0.3) is 0 Å². The molecule has 0 aliphatic carbocycles. The summed E-state index contributed by atoms with van der Waals surface area (Å²) in [5.74, 6) is -0.295. The van der Waals surface area contributed by atoms with E-state index in [9.17, 15) is 18.0 Å². The number of anilines is 2. The molecule has 1 atom stereocenters. The van der Waals surface area contributed by atoms with E-state index in [2.05, 4.69) is 10.6 Å². The first kappa shape index (κ1) is 21.4. The molecule has 154 valence electrons. The van der Waals surface area contributed by atoms with Gasteiger partial charge in [0.1, 0.15) is 0 Å². The number of carbonyl (C=O) groups excluding carboxylic acids is 2. The molecule has 1 aliphatic rings. The van der Waals surface area contributed by atoms with E-state index in [4.69, 9.17) is 0 Å². The second-order valence-corrected chi connectivity index (χ2v) is 10.5. The standard InChI is InChI=1S/C21H24N2O4S2/c1-13-4-6-17(14(2)10-13)22-20(24)8-9-29(26,27)16-5-7-19-18(11-16)23-21(25)15(3)12-28-19/h4-7,10-11,15H,8-9,12H2,1-3H3,(H,22,24)(H,23,25)/t15-/m1/s1. The molecule has 3 rings (SSSR count). The van der Waals surface area contributed by atoms with Crippen molar-refractivity contribution in [1.82, 2.24) is 0 Å². The van der Waals surface area contributed by atoms with Gasteiger partial charge in [0.05, 0.1) is 16.3 Å². The third-order valence-corrected chi connectivity index (χ3v) is 7.81. The quantitative estimate of drug-likeness (QED) is 0.750. The zero-order valence-electron chi connectivity index (χ0n) is 16.6. The first-order valence-electron chi connectivity index (χ1n) is 9.33. The average molecular weight is 433 g/mol. The van der Waals surface area contributed by atoms with Crippen LogP contribution in [0.3, 0.4) is 0 Å². The third kappa shape index (κ3) is 5.19. The Bertz CT molecular complexity index is 1060. The molecule has 2 aromatic rings. The summed E-state index contributed by atoms with van der Waals surface area (Å²) in [6.45, 7) is 5.69. The predicted octanol–water partition coefficient (Wildman–Crippen LogP) is 3.79. The van der Waals surface area contributed by atoms with Crippen LogP contribution in [0, 0.1) is 19.8 Å². The van der Waals surface area contributed by atoms with E-state index in [-0.39, 0.29) is 34.8 Å². The summed E-state index contributed by atoms with van der Waals surface area (Å²) in [5.41, 5.74) is 3.20. The maximum atomic E-state index is 12.7. The van der Waals surface area contributed by atoms with Crippen molar-refractivity contribution in [2.24, 2.45) is 5.92 Å². The van der Waals surface area contributed by atoms with E-state index < -0.39 is 9.84 Å². The second kappa shape index (κ2) is 8.59. The maximum Gasteiger partial charge on any atom is 0.228 e. The molecule has 1 aliphatic heterocycles. The van der Waals surface area contributed by atoms with Crippen LogP contribution >= 0.6 is 11.8 Å². The molecule has 0 fully saturated rings. The number of benzene rings is 2. The van der Waals surface area contributed by atoms with Crippen molar-refractivity contribution in [2.45, 2.75) is 37.0 Å². The fourth-order valence-electron chi connectivity index (χ4n) is 2.98. The third-order valence-electron chi connectivity index (χ3n) is 4.76. The van der Waals surface area contributed by atoms with Gasteiger partial charge in [-0.05, 0) is 43.7 Å². The number of aryl methyl sites for hydroxylation is 2. The van der Waals surface area contributed by atoms with Crippen molar-refractivity contribution in [3.63, 3.8) is 0 Å². The summed E-state index contributed by atoms with van der Waals surface area (Å²) >= 11 is 1.52. The fourth-order valence-corrected chi connectivity index (χ4v) is 5.26. The van der Waals surface area contributed by atoms with Gasteiger partial charge in [-0.25, -0.2) is 8.42 Å². The van der Waals surface area contributed by atoms with Crippen LogP contribution < -0.4 is 10.6 Å². The highest BCUT2D eigenvalue weighted by molar-refractivity contribution is 7.99. The summed E-state index contributed by atoms with van der Waals surface area (Å²) in [6, 6.07) is 10.4. The van der Waals surface area contributed by atoms with E-state index in [1.165, 1.54) is 23.9 Å². The minimum absolute atomic E-state index is 0.103. The Morgan fingerprint density at radius 2 is 1.97 bits per heavy atom. The first-order chi connectivity index (χ1) is 13.7. The lowest BCUT2D eigenvalue weighted by Gasteiger charge is -2.11. The van der Waals surface area contributed by atoms with Gasteiger partial charge < -0.3 is 10.6 Å². The zero-order chi connectivity index (χ0) is 21.2. The average Bonchev–Trinajstić information content (AvgIpc) is 2.80. The molecule has 8 heteroatoms. The number of amides is 2. The number of hydrogen-bond donors (Lipinski definition) is 2. The summed E-state index contributed by atoms with van der Waals surface area (Å²) in [7, 11) is -3.66. The SMILES string of the molecule is Cc1ccc(NC(=O)CCS(=O)(=O)c2ccc3c(c2)NC(=O)[C@H](C)CS3)c(C)c1. The molecule has 0 unspecified atom stereocenters. The second-order valence-electron chi connectivity index (χ2n) is 7.29. The summed E-state index contributed by atoms with van der Waals surface area (Å²) in [5, 5.41) is 5.56. The highest BCUT2D eigenvalue weighted by Crippen LogP contribution is 2.34. The van der Waals surface area contributed by atoms with Crippen molar-refractivity contribution in [2.75, 3.05) is 22.1 Å². The topological polar surface area (TPSA) is 92.3 Å². The van der Waals surface area contributed by atoms with Crippen molar-refractivity contribution in [1.29, 1.82) is 0 Å². The lowest BCUT2D eigenvalue weighted by atomic mass is 10.1. The minimum atomic E-state index is -3.66. The van der Waals surface area contributed by atoms with E-state index in [1.807, 2.05) is 39.0 Å². The molecule has 0 saturated heterocycles. The van der Waals surface area contributed by atoms with Crippen LogP contribution in [0.25, 0.3) is 0 Å². The molecular formula is C21H24N2O4S2. The summed E-state index contributed by atoms with van der Waals surface area (Å²) in [4.78, 5) is 25.2. The Morgan fingerprint density at radius 1 is 1.21 bits per heavy atom. The number of rotatable bonds is 5. The van der Waals surface area contributed by atoms with Crippen LogP contribution in [-0.4, -0.2) is 31.7 Å². The summed E-state index contributed by atoms with van der Waals surface area (Å²) < 4.78 is 25.4. The highest BCUT2D eigenvalue weighted by atomic mass is 32.2. The molecule has 0 bridgehead atoms. The van der Waals surface area contributed by atoms with E-state index in [0.717, 1.165) is 16.0 Å². The van der Waals surface area contributed by atoms with Gasteiger partial charge in [0, 0.05) is 28.7 Å². The Hall–Kier alpha value is -2.32. The van der Waals surface area contributed by atoms with Gasteiger partial charge in [-0.1, -0.05) is 24.6 Å². The number of carbonyl (C=O) groups is 2. The van der Waals surface area contributed by atoms with E-state index in [0.29, 0.717) is 17.1 Å². The molecule has 0 radical (unpaired) electrons. The lowest BCUT2D eigenvalue weighted by molar-refractivity contribution is -0.118. The van der Waals surface area contributed by atoms with Gasteiger partial charge in [0.15, 0.2) is 9.84 Å². The molecule has 0 spiro atoms. The molecule has 2 aromatic carbocycles. The van der Waals surface area contributed by atoms with Crippen LogP contribution in [0.15, 0.2) is 46.2 Å². The van der Waals surface area contributed by atoms with Crippen molar-refractivity contribution >= 4 is 44.8 Å². The highest BCUT2D eigenvalue weighted by Gasteiger charge is 2.23. The summed E-state index contributed by atoms with van der Waals surface area (Å²) in [6.07, 6.45) is -0.148. The van der Waals surface area contributed by atoms with Crippen LogP contribution in [0.2, 0.25) is 0 Å². The molecule has 29 heavy (non-hydrogen) atoms. The molecule has 0 saturated carbocycles. The smallest absolute Gasteiger partial charge is 0.228 e. The first-order valence-corrected chi connectivity index (χ1v) is 12.0. The van der Waals surface area contributed by atoms with Crippen molar-refractivity contribution < 1.29 is 18.0 Å². The number of thioether (sulfide) groups is 1. The van der Waals surface area contributed by atoms with Gasteiger partial charge in [-0.15, -0.1) is 11.8 Å². The lowest BCUT2D eigenvalue weighted by Crippen LogP contribution is -2.20. The molecule has 2 amide bonds. The number of hydrogen-bond acceptors (Lipinski definition) is 5. The number of nitrogens with one attached hydrogen (secondary N) is 2. The molecular weight excluding hydrogens is 408 g/mol.